The Bertz CT molecular complexity index is 926. The van der Waals surface area contributed by atoms with E-state index in [1.165, 1.54) is 6.33 Å². The summed E-state index contributed by atoms with van der Waals surface area (Å²) < 4.78 is 3.58. The highest BCUT2D eigenvalue weighted by Crippen LogP contribution is 2.14. The van der Waals surface area contributed by atoms with Crippen molar-refractivity contribution >= 4 is 11.7 Å². The summed E-state index contributed by atoms with van der Waals surface area (Å²) in [4.78, 5) is 24.9. The van der Waals surface area contributed by atoms with E-state index in [0.29, 0.717) is 25.2 Å². The fourth-order valence-electron chi connectivity index (χ4n) is 3.07. The summed E-state index contributed by atoms with van der Waals surface area (Å²) in [5.74, 6) is 2.30. The molecule has 0 saturated carbocycles. The summed E-state index contributed by atoms with van der Waals surface area (Å²) in [6.45, 7) is 9.10. The number of aryl methyl sites for hydroxylation is 5. The zero-order chi connectivity index (χ0) is 18.7. The average Bonchev–Trinajstić information content (AvgIpc) is 3.17. The minimum Gasteiger partial charge on any atom is -0.356 e. The van der Waals surface area contributed by atoms with Crippen LogP contribution in [0.2, 0.25) is 0 Å². The normalized spacial score (nSPS) is 11.2. The third kappa shape index (κ3) is 3.87. The molecule has 0 bridgehead atoms. The van der Waals surface area contributed by atoms with Gasteiger partial charge in [-0.05, 0) is 46.1 Å². The Hall–Kier alpha value is -2.84. The lowest BCUT2D eigenvalue weighted by Gasteiger charge is -2.10. The van der Waals surface area contributed by atoms with Crippen LogP contribution in [-0.2, 0) is 17.8 Å². The summed E-state index contributed by atoms with van der Waals surface area (Å²) in [5.41, 5.74) is 2.93. The second-order valence-electron chi connectivity index (χ2n) is 6.37. The molecule has 3 aromatic rings. The molecule has 0 spiro atoms. The van der Waals surface area contributed by atoms with Crippen LogP contribution in [0.1, 0.15) is 41.4 Å². The second-order valence-corrected chi connectivity index (χ2v) is 6.37. The number of carbonyl (C=O) groups is 1. The number of rotatable bonds is 7. The van der Waals surface area contributed by atoms with Gasteiger partial charge in [-0.1, -0.05) is 0 Å². The summed E-state index contributed by atoms with van der Waals surface area (Å²) in [6, 6.07) is 0. The van der Waals surface area contributed by atoms with Gasteiger partial charge in [0.2, 0.25) is 5.91 Å². The predicted molar refractivity (Wildman–Crippen MR) is 95.7 cm³/mol. The van der Waals surface area contributed by atoms with Gasteiger partial charge in [-0.15, -0.1) is 0 Å². The summed E-state index contributed by atoms with van der Waals surface area (Å²) in [7, 11) is 0. The summed E-state index contributed by atoms with van der Waals surface area (Å²) >= 11 is 0. The third-order valence-corrected chi connectivity index (χ3v) is 4.42. The zero-order valence-corrected chi connectivity index (χ0v) is 15.7. The Labute approximate surface area is 151 Å². The molecule has 0 aliphatic rings. The fraction of sp³-hybridized carbons (Fsp3) is 0.529. The Morgan fingerprint density at radius 3 is 2.73 bits per heavy atom. The number of amides is 1. The SMILES string of the molecule is Cc1nc(C)n(CCCNC(=O)CCc2c(C)nc3ncnn3c2C)n1. The first-order valence-electron chi connectivity index (χ1n) is 8.76. The van der Waals surface area contributed by atoms with Crippen LogP contribution in [-0.4, -0.2) is 46.8 Å². The molecule has 3 heterocycles. The third-order valence-electron chi connectivity index (χ3n) is 4.42. The van der Waals surface area contributed by atoms with E-state index in [0.717, 1.165) is 41.6 Å². The first kappa shape index (κ1) is 18.0. The quantitative estimate of drug-likeness (QED) is 0.636. The van der Waals surface area contributed by atoms with E-state index in [2.05, 4.69) is 30.5 Å². The van der Waals surface area contributed by atoms with Crippen molar-refractivity contribution in [1.82, 2.24) is 39.7 Å². The highest BCUT2D eigenvalue weighted by molar-refractivity contribution is 5.76. The Kier molecular flexibility index (Phi) is 5.24. The van der Waals surface area contributed by atoms with E-state index < -0.39 is 0 Å². The Balaban J connectivity index is 1.48. The number of hydrogen-bond donors (Lipinski definition) is 1. The number of hydrogen-bond acceptors (Lipinski definition) is 6. The molecule has 26 heavy (non-hydrogen) atoms. The number of fused-ring (bicyclic) bond motifs is 1. The number of aromatic nitrogens is 7. The van der Waals surface area contributed by atoms with Gasteiger partial charge in [0, 0.05) is 30.9 Å². The molecule has 0 aliphatic carbocycles. The summed E-state index contributed by atoms with van der Waals surface area (Å²) in [6.07, 6.45) is 3.36. The molecule has 9 heteroatoms. The molecule has 0 aromatic carbocycles. The molecule has 0 aliphatic heterocycles. The molecule has 3 aromatic heterocycles. The van der Waals surface area contributed by atoms with E-state index in [9.17, 15) is 4.79 Å². The molecule has 0 radical (unpaired) electrons. The van der Waals surface area contributed by atoms with Crippen molar-refractivity contribution in [3.63, 3.8) is 0 Å². The maximum atomic E-state index is 12.1. The van der Waals surface area contributed by atoms with E-state index >= 15 is 0 Å². The smallest absolute Gasteiger partial charge is 0.252 e. The lowest BCUT2D eigenvalue weighted by molar-refractivity contribution is -0.121. The lowest BCUT2D eigenvalue weighted by Crippen LogP contribution is -2.26. The van der Waals surface area contributed by atoms with E-state index in [4.69, 9.17) is 0 Å². The molecule has 0 atom stereocenters. The number of nitrogens with zero attached hydrogens (tertiary/aromatic N) is 7. The van der Waals surface area contributed by atoms with Crippen molar-refractivity contribution in [3.05, 3.63) is 34.9 Å². The molecule has 9 nitrogen and oxygen atoms in total. The Morgan fingerprint density at radius 1 is 1.19 bits per heavy atom. The highest BCUT2D eigenvalue weighted by Gasteiger charge is 2.12. The maximum Gasteiger partial charge on any atom is 0.252 e. The molecule has 0 saturated heterocycles. The van der Waals surface area contributed by atoms with Gasteiger partial charge in [-0.3, -0.25) is 9.48 Å². The Morgan fingerprint density at radius 2 is 2.00 bits per heavy atom. The number of carbonyl (C=O) groups excluding carboxylic acids is 1. The average molecular weight is 356 g/mol. The van der Waals surface area contributed by atoms with E-state index in [1.807, 2.05) is 32.4 Å². The molecule has 3 rings (SSSR count). The molecule has 138 valence electrons. The van der Waals surface area contributed by atoms with Crippen LogP contribution in [0.3, 0.4) is 0 Å². The largest absolute Gasteiger partial charge is 0.356 e. The van der Waals surface area contributed by atoms with Crippen LogP contribution < -0.4 is 5.32 Å². The topological polar surface area (TPSA) is 103 Å². The molecule has 1 N–H and O–H groups in total. The fourth-order valence-corrected chi connectivity index (χ4v) is 3.07. The van der Waals surface area contributed by atoms with Gasteiger partial charge in [0.1, 0.15) is 18.0 Å². The minimum absolute atomic E-state index is 0.0361. The first-order chi connectivity index (χ1) is 12.5. The van der Waals surface area contributed by atoms with Crippen molar-refractivity contribution in [2.45, 2.75) is 53.5 Å². The van der Waals surface area contributed by atoms with Crippen LogP contribution in [0, 0.1) is 27.7 Å². The lowest BCUT2D eigenvalue weighted by atomic mass is 10.1. The summed E-state index contributed by atoms with van der Waals surface area (Å²) in [5, 5.41) is 11.5. The second kappa shape index (κ2) is 7.59. The van der Waals surface area contributed by atoms with E-state index in [-0.39, 0.29) is 5.91 Å². The van der Waals surface area contributed by atoms with E-state index in [1.54, 1.807) is 4.52 Å². The minimum atomic E-state index is 0.0361. The van der Waals surface area contributed by atoms with Crippen molar-refractivity contribution in [2.24, 2.45) is 0 Å². The van der Waals surface area contributed by atoms with Gasteiger partial charge >= 0.3 is 0 Å². The molecule has 0 unspecified atom stereocenters. The van der Waals surface area contributed by atoms with Gasteiger partial charge in [0.05, 0.1) is 0 Å². The predicted octanol–water partition coefficient (Wildman–Crippen LogP) is 1.09. The van der Waals surface area contributed by atoms with Crippen LogP contribution in [0.15, 0.2) is 6.33 Å². The van der Waals surface area contributed by atoms with Gasteiger partial charge in [-0.25, -0.2) is 14.5 Å². The molecule has 1 amide bonds. The van der Waals surface area contributed by atoms with Crippen molar-refractivity contribution in [1.29, 1.82) is 0 Å². The molecular formula is C17H24N8O. The van der Waals surface area contributed by atoms with Gasteiger partial charge in [-0.2, -0.15) is 15.2 Å². The van der Waals surface area contributed by atoms with Crippen LogP contribution >= 0.6 is 0 Å². The standard InChI is InChI=1S/C17H24N8O/c1-11-15(12(2)25-17(21-11)19-10-20-25)6-7-16(26)18-8-5-9-24-14(4)22-13(3)23-24/h10H,5-9H2,1-4H3,(H,18,26). The van der Waals surface area contributed by atoms with Gasteiger partial charge < -0.3 is 5.32 Å². The van der Waals surface area contributed by atoms with Crippen LogP contribution in [0.4, 0.5) is 0 Å². The molecular weight excluding hydrogens is 332 g/mol. The van der Waals surface area contributed by atoms with Crippen LogP contribution in [0.25, 0.3) is 5.78 Å². The first-order valence-corrected chi connectivity index (χ1v) is 8.76. The number of nitrogens with one attached hydrogen (secondary N) is 1. The van der Waals surface area contributed by atoms with Crippen molar-refractivity contribution in [2.75, 3.05) is 6.54 Å². The monoisotopic (exact) mass is 356 g/mol. The van der Waals surface area contributed by atoms with Crippen molar-refractivity contribution in [3.8, 4) is 0 Å². The zero-order valence-electron chi connectivity index (χ0n) is 15.7. The van der Waals surface area contributed by atoms with Crippen LogP contribution in [0.5, 0.6) is 0 Å². The van der Waals surface area contributed by atoms with Gasteiger partial charge in [0.15, 0.2) is 0 Å². The van der Waals surface area contributed by atoms with Crippen molar-refractivity contribution < 1.29 is 4.79 Å². The molecule has 0 fully saturated rings. The highest BCUT2D eigenvalue weighted by atomic mass is 16.1. The maximum absolute atomic E-state index is 12.1. The van der Waals surface area contributed by atoms with Gasteiger partial charge in [0.25, 0.3) is 5.78 Å².